The first kappa shape index (κ1) is 11.1. The van der Waals surface area contributed by atoms with Crippen molar-refractivity contribution in [1.29, 1.82) is 0 Å². The molecule has 1 aromatic carbocycles. The minimum atomic E-state index is -0.512. The average molecular weight is 287 g/mol. The second-order valence-corrected chi connectivity index (χ2v) is 4.12. The number of aromatic nitrogens is 2. The van der Waals surface area contributed by atoms with E-state index in [0.717, 1.165) is 0 Å². The zero-order valence-electron chi connectivity index (χ0n) is 8.62. The van der Waals surface area contributed by atoms with E-state index in [0.29, 0.717) is 10.9 Å². The molecule has 4 nitrogen and oxygen atoms in total. The fraction of sp³-hybridized carbons (Fsp3) is 0.200. The van der Waals surface area contributed by atoms with Gasteiger partial charge in [-0.05, 0) is 15.9 Å². The highest BCUT2D eigenvalue weighted by atomic mass is 79.9. The normalized spacial score (nSPS) is 10.8. The van der Waals surface area contributed by atoms with Crippen LogP contribution in [0.5, 0.6) is 5.75 Å². The van der Waals surface area contributed by atoms with E-state index in [1.54, 1.807) is 13.2 Å². The molecule has 2 aromatic rings. The van der Waals surface area contributed by atoms with E-state index in [-0.39, 0.29) is 10.2 Å². The first-order valence-corrected chi connectivity index (χ1v) is 5.28. The van der Waals surface area contributed by atoms with Crippen molar-refractivity contribution in [3.05, 3.63) is 22.6 Å². The largest absolute Gasteiger partial charge is 0.425 e. The molecule has 16 heavy (non-hydrogen) atoms. The molecule has 0 aliphatic rings. The smallest absolute Gasteiger partial charge is 0.308 e. The van der Waals surface area contributed by atoms with E-state index in [9.17, 15) is 9.18 Å². The van der Waals surface area contributed by atoms with Gasteiger partial charge in [0.15, 0.2) is 5.75 Å². The van der Waals surface area contributed by atoms with Crippen molar-refractivity contribution in [1.82, 2.24) is 9.78 Å². The number of carbonyl (C=O) groups excluding carboxylic acids is 1. The lowest BCUT2D eigenvalue weighted by Crippen LogP contribution is -2.03. The molecule has 0 spiro atoms. The van der Waals surface area contributed by atoms with E-state index in [1.165, 1.54) is 17.7 Å². The Labute approximate surface area is 99.1 Å². The molecule has 0 bridgehead atoms. The molecule has 2 rings (SSSR count). The standard InChI is InChI=1S/C10H8BrFN2O2/c1-5(15)16-10-6-4-14(2)13-8(6)3-7(12)9(10)11/h3-4H,1-2H3. The summed E-state index contributed by atoms with van der Waals surface area (Å²) in [6.07, 6.45) is 1.66. The van der Waals surface area contributed by atoms with Gasteiger partial charge in [0.1, 0.15) is 5.82 Å². The number of hydrogen-bond donors (Lipinski definition) is 0. The van der Waals surface area contributed by atoms with Gasteiger partial charge in [-0.1, -0.05) is 0 Å². The number of benzene rings is 1. The summed E-state index contributed by atoms with van der Waals surface area (Å²) < 4.78 is 20.1. The summed E-state index contributed by atoms with van der Waals surface area (Å²) in [5.41, 5.74) is 0.444. The highest BCUT2D eigenvalue weighted by Crippen LogP contribution is 2.35. The Morgan fingerprint density at radius 2 is 2.31 bits per heavy atom. The van der Waals surface area contributed by atoms with Crippen LogP contribution in [0.3, 0.4) is 0 Å². The number of aryl methyl sites for hydroxylation is 1. The molecular weight excluding hydrogens is 279 g/mol. The summed E-state index contributed by atoms with van der Waals surface area (Å²) >= 11 is 3.05. The molecule has 0 atom stereocenters. The molecule has 0 unspecified atom stereocenters. The number of nitrogens with zero attached hydrogens (tertiary/aromatic N) is 2. The Bertz CT molecular complexity index is 580. The van der Waals surface area contributed by atoms with Gasteiger partial charge in [0.25, 0.3) is 0 Å². The molecule has 0 aliphatic heterocycles. The van der Waals surface area contributed by atoms with Crippen molar-refractivity contribution in [2.24, 2.45) is 7.05 Å². The van der Waals surface area contributed by atoms with E-state index in [1.807, 2.05) is 0 Å². The second kappa shape index (κ2) is 3.86. The van der Waals surface area contributed by atoms with Crippen molar-refractivity contribution >= 4 is 32.8 Å². The fourth-order valence-electron chi connectivity index (χ4n) is 1.44. The Balaban J connectivity index is 2.75. The third-order valence-electron chi connectivity index (χ3n) is 2.02. The van der Waals surface area contributed by atoms with Crippen LogP contribution in [-0.4, -0.2) is 15.7 Å². The molecule has 0 saturated heterocycles. The number of esters is 1. The Morgan fingerprint density at radius 1 is 1.62 bits per heavy atom. The van der Waals surface area contributed by atoms with Crippen LogP contribution >= 0.6 is 15.9 Å². The topological polar surface area (TPSA) is 44.1 Å². The minimum Gasteiger partial charge on any atom is -0.425 e. The van der Waals surface area contributed by atoms with Crippen LogP contribution in [0.25, 0.3) is 10.9 Å². The monoisotopic (exact) mass is 286 g/mol. The third kappa shape index (κ3) is 1.80. The maximum Gasteiger partial charge on any atom is 0.308 e. The highest BCUT2D eigenvalue weighted by molar-refractivity contribution is 9.10. The molecule has 1 heterocycles. The van der Waals surface area contributed by atoms with Gasteiger partial charge >= 0.3 is 5.97 Å². The third-order valence-corrected chi connectivity index (χ3v) is 2.76. The molecule has 1 aromatic heterocycles. The van der Waals surface area contributed by atoms with Gasteiger partial charge in [-0.25, -0.2) is 4.39 Å². The van der Waals surface area contributed by atoms with Gasteiger partial charge in [0.2, 0.25) is 0 Å². The van der Waals surface area contributed by atoms with Crippen LogP contribution in [0.1, 0.15) is 6.92 Å². The second-order valence-electron chi connectivity index (χ2n) is 3.33. The molecule has 0 fully saturated rings. The summed E-state index contributed by atoms with van der Waals surface area (Å²) in [7, 11) is 1.71. The molecule has 0 N–H and O–H groups in total. The lowest BCUT2D eigenvalue weighted by Gasteiger charge is -2.05. The summed E-state index contributed by atoms with van der Waals surface area (Å²) in [5, 5.41) is 4.64. The van der Waals surface area contributed by atoms with Crippen LogP contribution in [0.4, 0.5) is 4.39 Å². The number of rotatable bonds is 1. The van der Waals surface area contributed by atoms with Crippen molar-refractivity contribution < 1.29 is 13.9 Å². The van der Waals surface area contributed by atoms with Crippen molar-refractivity contribution in [2.75, 3.05) is 0 Å². The summed E-state index contributed by atoms with van der Waals surface area (Å²) in [5.74, 6) is -0.852. The van der Waals surface area contributed by atoms with E-state index < -0.39 is 11.8 Å². The van der Waals surface area contributed by atoms with Crippen molar-refractivity contribution in [3.8, 4) is 5.75 Å². The van der Waals surface area contributed by atoms with Gasteiger partial charge in [0.05, 0.1) is 15.4 Å². The zero-order valence-corrected chi connectivity index (χ0v) is 10.2. The van der Waals surface area contributed by atoms with Crippen LogP contribution in [-0.2, 0) is 11.8 Å². The quantitative estimate of drug-likeness (QED) is 0.597. The van der Waals surface area contributed by atoms with E-state index in [2.05, 4.69) is 21.0 Å². The maximum atomic E-state index is 13.5. The zero-order chi connectivity index (χ0) is 11.9. The Hall–Kier alpha value is -1.43. The Kier molecular flexibility index (Phi) is 2.67. The van der Waals surface area contributed by atoms with E-state index >= 15 is 0 Å². The van der Waals surface area contributed by atoms with E-state index in [4.69, 9.17) is 4.74 Å². The predicted octanol–water partition coefficient (Wildman–Crippen LogP) is 2.40. The molecule has 0 amide bonds. The summed E-state index contributed by atoms with van der Waals surface area (Å²) in [4.78, 5) is 10.9. The lowest BCUT2D eigenvalue weighted by atomic mass is 10.2. The molecule has 84 valence electrons. The van der Waals surface area contributed by atoms with Crippen molar-refractivity contribution in [2.45, 2.75) is 6.92 Å². The van der Waals surface area contributed by atoms with Gasteiger partial charge in [-0.15, -0.1) is 0 Å². The van der Waals surface area contributed by atoms with Gasteiger partial charge < -0.3 is 4.74 Å². The maximum absolute atomic E-state index is 13.5. The van der Waals surface area contributed by atoms with Crippen LogP contribution in [0, 0.1) is 5.82 Å². The number of ether oxygens (including phenoxy) is 1. The lowest BCUT2D eigenvalue weighted by molar-refractivity contribution is -0.131. The Morgan fingerprint density at radius 3 is 2.94 bits per heavy atom. The SMILES string of the molecule is CC(=O)Oc1c(Br)c(F)cc2nn(C)cc12. The van der Waals surface area contributed by atoms with Crippen LogP contribution in [0.15, 0.2) is 16.7 Å². The van der Waals surface area contributed by atoms with Crippen molar-refractivity contribution in [3.63, 3.8) is 0 Å². The molecule has 6 heteroatoms. The molecular formula is C10H8BrFN2O2. The number of carbonyl (C=O) groups is 1. The predicted molar refractivity (Wildman–Crippen MR) is 59.7 cm³/mol. The molecule has 0 radical (unpaired) electrons. The first-order chi connectivity index (χ1) is 7.49. The van der Waals surface area contributed by atoms with Gasteiger partial charge in [0, 0.05) is 26.2 Å². The number of fused-ring (bicyclic) bond motifs is 1. The molecule has 0 saturated carbocycles. The number of halogens is 2. The van der Waals surface area contributed by atoms with Crippen LogP contribution < -0.4 is 4.74 Å². The summed E-state index contributed by atoms with van der Waals surface area (Å²) in [6, 6.07) is 1.28. The molecule has 0 aliphatic carbocycles. The average Bonchev–Trinajstić information content (AvgIpc) is 2.53. The fourth-order valence-corrected chi connectivity index (χ4v) is 1.85. The number of hydrogen-bond acceptors (Lipinski definition) is 3. The van der Waals surface area contributed by atoms with Gasteiger partial charge in [-0.3, -0.25) is 9.48 Å². The van der Waals surface area contributed by atoms with Gasteiger partial charge in [-0.2, -0.15) is 5.10 Å². The van der Waals surface area contributed by atoms with Crippen LogP contribution in [0.2, 0.25) is 0 Å². The summed E-state index contributed by atoms with van der Waals surface area (Å²) in [6.45, 7) is 1.26. The first-order valence-electron chi connectivity index (χ1n) is 4.49. The highest BCUT2D eigenvalue weighted by Gasteiger charge is 2.16. The minimum absolute atomic E-state index is 0.128.